The molecule has 1 aromatic carbocycles. The van der Waals surface area contributed by atoms with Crippen molar-refractivity contribution in [1.82, 2.24) is 15.1 Å². The molecule has 0 bridgehead atoms. The predicted molar refractivity (Wildman–Crippen MR) is 94.4 cm³/mol. The number of benzene rings is 1. The van der Waals surface area contributed by atoms with Gasteiger partial charge in [0.1, 0.15) is 5.75 Å². The van der Waals surface area contributed by atoms with Gasteiger partial charge in [0.25, 0.3) is 5.91 Å². The normalized spacial score (nSPS) is 14.7. The number of amides is 1. The van der Waals surface area contributed by atoms with Crippen LogP contribution in [0.5, 0.6) is 5.75 Å². The van der Waals surface area contributed by atoms with Crippen LogP contribution in [0.2, 0.25) is 10.0 Å². The minimum Gasteiger partial charge on any atom is -0.482 e. The SMILES string of the molecule is CCc1nnc(N2CCN(C(=O)COc3ccc(Cl)cc3Cl)CC2)o1. The topological polar surface area (TPSA) is 71.7 Å². The van der Waals surface area contributed by atoms with E-state index >= 15 is 0 Å². The number of aromatic nitrogens is 2. The fourth-order valence-corrected chi connectivity index (χ4v) is 2.95. The minimum absolute atomic E-state index is 0.0676. The van der Waals surface area contributed by atoms with Crippen LogP contribution in [0, 0.1) is 0 Å². The summed E-state index contributed by atoms with van der Waals surface area (Å²) < 4.78 is 11.0. The molecular formula is C16H18Cl2N4O3. The summed E-state index contributed by atoms with van der Waals surface area (Å²) >= 11 is 11.9. The van der Waals surface area contributed by atoms with Crippen LogP contribution in [0.3, 0.4) is 0 Å². The van der Waals surface area contributed by atoms with Crippen molar-refractivity contribution in [3.8, 4) is 5.75 Å². The maximum atomic E-state index is 12.3. The van der Waals surface area contributed by atoms with Crippen LogP contribution in [0.25, 0.3) is 0 Å². The van der Waals surface area contributed by atoms with Gasteiger partial charge in [-0.25, -0.2) is 0 Å². The number of carbonyl (C=O) groups is 1. The van der Waals surface area contributed by atoms with Crippen LogP contribution in [0.15, 0.2) is 22.6 Å². The van der Waals surface area contributed by atoms with E-state index in [9.17, 15) is 4.79 Å². The van der Waals surface area contributed by atoms with Gasteiger partial charge in [0.05, 0.1) is 5.02 Å². The van der Waals surface area contributed by atoms with Gasteiger partial charge in [0, 0.05) is 37.6 Å². The summed E-state index contributed by atoms with van der Waals surface area (Å²) in [6, 6.07) is 5.40. The number of aryl methyl sites for hydroxylation is 1. The van der Waals surface area contributed by atoms with Crippen molar-refractivity contribution in [1.29, 1.82) is 0 Å². The first-order valence-corrected chi connectivity index (χ1v) is 8.75. The molecule has 3 rings (SSSR count). The van der Waals surface area contributed by atoms with Gasteiger partial charge in [-0.05, 0) is 18.2 Å². The lowest BCUT2D eigenvalue weighted by molar-refractivity contribution is -0.133. The van der Waals surface area contributed by atoms with Gasteiger partial charge in [0.2, 0.25) is 5.89 Å². The number of halogens is 2. The Morgan fingerprint density at radius 2 is 2.00 bits per heavy atom. The Bertz CT molecular complexity index is 745. The molecule has 0 N–H and O–H groups in total. The number of hydrogen-bond donors (Lipinski definition) is 0. The van der Waals surface area contributed by atoms with Crippen LogP contribution >= 0.6 is 23.2 Å². The molecule has 2 heterocycles. The standard InChI is InChI=1S/C16H18Cl2N4O3/c1-2-14-19-20-16(25-14)22-7-5-21(6-8-22)15(23)10-24-13-4-3-11(17)9-12(13)18/h3-4,9H,2,5-8,10H2,1H3. The van der Waals surface area contributed by atoms with Crippen molar-refractivity contribution in [3.63, 3.8) is 0 Å². The number of ether oxygens (including phenoxy) is 1. The molecule has 25 heavy (non-hydrogen) atoms. The van der Waals surface area contributed by atoms with Gasteiger partial charge in [-0.2, -0.15) is 0 Å². The molecule has 1 saturated heterocycles. The number of nitrogens with zero attached hydrogens (tertiary/aromatic N) is 4. The van der Waals surface area contributed by atoms with Crippen molar-refractivity contribution >= 4 is 35.1 Å². The molecule has 0 saturated carbocycles. The molecule has 0 radical (unpaired) electrons. The molecule has 1 aliphatic heterocycles. The lowest BCUT2D eigenvalue weighted by Crippen LogP contribution is -2.50. The van der Waals surface area contributed by atoms with Crippen molar-refractivity contribution in [3.05, 3.63) is 34.1 Å². The number of anilines is 1. The predicted octanol–water partition coefficient (Wildman–Crippen LogP) is 2.67. The zero-order valence-electron chi connectivity index (χ0n) is 13.7. The molecule has 0 spiro atoms. The molecule has 0 unspecified atom stereocenters. The third-order valence-electron chi connectivity index (χ3n) is 3.91. The average Bonchev–Trinajstić information content (AvgIpc) is 3.10. The summed E-state index contributed by atoms with van der Waals surface area (Å²) in [5.74, 6) is 0.961. The second-order valence-corrected chi connectivity index (χ2v) is 6.41. The largest absolute Gasteiger partial charge is 0.482 e. The van der Waals surface area contributed by atoms with Crippen molar-refractivity contribution < 1.29 is 13.9 Å². The van der Waals surface area contributed by atoms with E-state index in [2.05, 4.69) is 10.2 Å². The Hall–Kier alpha value is -1.99. The summed E-state index contributed by atoms with van der Waals surface area (Å²) in [7, 11) is 0. The maximum absolute atomic E-state index is 12.3. The highest BCUT2D eigenvalue weighted by atomic mass is 35.5. The fraction of sp³-hybridized carbons (Fsp3) is 0.438. The smallest absolute Gasteiger partial charge is 0.318 e. The van der Waals surface area contributed by atoms with Crippen LogP contribution < -0.4 is 9.64 Å². The third-order valence-corrected chi connectivity index (χ3v) is 4.44. The van der Waals surface area contributed by atoms with Gasteiger partial charge in [-0.3, -0.25) is 4.79 Å². The van der Waals surface area contributed by atoms with Crippen molar-refractivity contribution in [2.24, 2.45) is 0 Å². The van der Waals surface area contributed by atoms with Crippen molar-refractivity contribution in [2.75, 3.05) is 37.7 Å². The average molecular weight is 385 g/mol. The summed E-state index contributed by atoms with van der Waals surface area (Å²) in [5.41, 5.74) is 0. The first-order chi connectivity index (χ1) is 12.1. The highest BCUT2D eigenvalue weighted by Crippen LogP contribution is 2.27. The molecule has 0 atom stereocenters. The van der Waals surface area contributed by atoms with E-state index < -0.39 is 0 Å². The maximum Gasteiger partial charge on any atom is 0.318 e. The second kappa shape index (κ2) is 7.93. The minimum atomic E-state index is -0.0922. The zero-order chi connectivity index (χ0) is 17.8. The molecule has 1 amide bonds. The molecule has 1 aromatic heterocycles. The Morgan fingerprint density at radius 1 is 1.24 bits per heavy atom. The van der Waals surface area contributed by atoms with Gasteiger partial charge >= 0.3 is 6.01 Å². The molecule has 1 aliphatic rings. The second-order valence-electron chi connectivity index (χ2n) is 5.56. The van der Waals surface area contributed by atoms with Crippen LogP contribution in [0.1, 0.15) is 12.8 Å². The monoisotopic (exact) mass is 384 g/mol. The quantitative estimate of drug-likeness (QED) is 0.788. The molecule has 0 aliphatic carbocycles. The first-order valence-electron chi connectivity index (χ1n) is 7.99. The lowest BCUT2D eigenvalue weighted by Gasteiger charge is -2.33. The van der Waals surface area contributed by atoms with Gasteiger partial charge in [-0.15, -0.1) is 5.10 Å². The van der Waals surface area contributed by atoms with Gasteiger partial charge in [0.15, 0.2) is 6.61 Å². The Balaban J connectivity index is 1.49. The van der Waals surface area contributed by atoms with E-state index in [-0.39, 0.29) is 12.5 Å². The number of rotatable bonds is 5. The number of hydrogen-bond acceptors (Lipinski definition) is 6. The van der Waals surface area contributed by atoms with E-state index in [4.69, 9.17) is 32.4 Å². The zero-order valence-corrected chi connectivity index (χ0v) is 15.3. The first kappa shape index (κ1) is 17.8. The Morgan fingerprint density at radius 3 is 2.64 bits per heavy atom. The molecule has 7 nitrogen and oxygen atoms in total. The molecule has 2 aromatic rings. The van der Waals surface area contributed by atoms with Crippen LogP contribution in [-0.4, -0.2) is 53.8 Å². The third kappa shape index (κ3) is 4.35. The Kier molecular flexibility index (Phi) is 5.65. The summed E-state index contributed by atoms with van der Waals surface area (Å²) in [4.78, 5) is 16.0. The van der Waals surface area contributed by atoms with E-state index in [0.29, 0.717) is 60.3 Å². The molecule has 9 heteroatoms. The summed E-state index contributed by atoms with van der Waals surface area (Å²) in [5, 5.41) is 8.89. The van der Waals surface area contributed by atoms with Gasteiger partial charge < -0.3 is 19.0 Å². The van der Waals surface area contributed by atoms with E-state index in [1.807, 2.05) is 11.8 Å². The van der Waals surface area contributed by atoms with Crippen LogP contribution in [0.4, 0.5) is 6.01 Å². The highest BCUT2D eigenvalue weighted by molar-refractivity contribution is 6.35. The van der Waals surface area contributed by atoms with E-state index in [1.165, 1.54) is 0 Å². The van der Waals surface area contributed by atoms with Gasteiger partial charge in [-0.1, -0.05) is 35.2 Å². The fourth-order valence-electron chi connectivity index (χ4n) is 2.49. The van der Waals surface area contributed by atoms with Crippen molar-refractivity contribution in [2.45, 2.75) is 13.3 Å². The number of piperazine rings is 1. The molecule has 134 valence electrons. The summed E-state index contributed by atoms with van der Waals surface area (Å²) in [6.45, 7) is 4.31. The highest BCUT2D eigenvalue weighted by Gasteiger charge is 2.24. The van der Waals surface area contributed by atoms with E-state index in [0.717, 1.165) is 0 Å². The summed E-state index contributed by atoms with van der Waals surface area (Å²) in [6.07, 6.45) is 0.704. The van der Waals surface area contributed by atoms with Crippen LogP contribution in [-0.2, 0) is 11.2 Å². The molecular weight excluding hydrogens is 367 g/mol. The number of carbonyl (C=O) groups excluding carboxylic acids is 1. The Labute approximate surface area is 155 Å². The molecule has 1 fully saturated rings. The van der Waals surface area contributed by atoms with E-state index in [1.54, 1.807) is 23.1 Å². The lowest BCUT2D eigenvalue weighted by atomic mass is 10.3.